The standard InChI is InChI=1S/C14H16N4O/c15-6-3-7-17-14(19)12(16)8-10-9-18-13-5-2-1-4-11(10)13/h1-2,4-5,9,12,18H,3,7-8,16H2,(H,17,19). The fourth-order valence-corrected chi connectivity index (χ4v) is 2.00. The normalized spacial score (nSPS) is 12.0. The number of nitriles is 1. The van der Waals surface area contributed by atoms with Gasteiger partial charge in [0.1, 0.15) is 0 Å². The number of hydrogen-bond donors (Lipinski definition) is 3. The molecule has 19 heavy (non-hydrogen) atoms. The zero-order valence-electron chi connectivity index (χ0n) is 10.5. The van der Waals surface area contributed by atoms with E-state index in [1.54, 1.807) is 0 Å². The Balaban J connectivity index is 2.00. The van der Waals surface area contributed by atoms with Crippen molar-refractivity contribution in [3.63, 3.8) is 0 Å². The minimum absolute atomic E-state index is 0.222. The molecule has 4 N–H and O–H groups in total. The molecule has 0 aliphatic rings. The number of aromatic nitrogens is 1. The second-order valence-corrected chi connectivity index (χ2v) is 4.37. The lowest BCUT2D eigenvalue weighted by molar-refractivity contribution is -0.122. The number of nitrogens with zero attached hydrogens (tertiary/aromatic N) is 1. The maximum Gasteiger partial charge on any atom is 0.237 e. The van der Waals surface area contributed by atoms with Gasteiger partial charge in [-0.15, -0.1) is 0 Å². The Morgan fingerprint density at radius 2 is 2.26 bits per heavy atom. The van der Waals surface area contributed by atoms with Crippen molar-refractivity contribution < 1.29 is 4.79 Å². The summed E-state index contributed by atoms with van der Waals surface area (Å²) in [6.45, 7) is 0.344. The van der Waals surface area contributed by atoms with Crippen LogP contribution in [0.4, 0.5) is 0 Å². The van der Waals surface area contributed by atoms with Crippen LogP contribution in [-0.4, -0.2) is 23.5 Å². The predicted octanol–water partition coefficient (Wildman–Crippen LogP) is 1.07. The van der Waals surface area contributed by atoms with E-state index in [0.717, 1.165) is 16.5 Å². The number of carbonyl (C=O) groups is 1. The first-order valence-corrected chi connectivity index (χ1v) is 6.17. The van der Waals surface area contributed by atoms with Gasteiger partial charge < -0.3 is 16.0 Å². The number of benzene rings is 1. The van der Waals surface area contributed by atoms with E-state index in [-0.39, 0.29) is 5.91 Å². The van der Waals surface area contributed by atoms with Gasteiger partial charge in [-0.3, -0.25) is 4.79 Å². The van der Waals surface area contributed by atoms with Gasteiger partial charge in [0.15, 0.2) is 0 Å². The van der Waals surface area contributed by atoms with E-state index in [4.69, 9.17) is 11.0 Å². The van der Waals surface area contributed by atoms with Crippen LogP contribution in [0.3, 0.4) is 0 Å². The molecule has 5 heteroatoms. The van der Waals surface area contributed by atoms with Gasteiger partial charge in [0, 0.05) is 23.6 Å². The fraction of sp³-hybridized carbons (Fsp3) is 0.286. The number of carbonyl (C=O) groups excluding carboxylic acids is 1. The third kappa shape index (κ3) is 3.12. The Morgan fingerprint density at radius 1 is 1.47 bits per heavy atom. The molecule has 0 bridgehead atoms. The van der Waals surface area contributed by atoms with E-state index in [9.17, 15) is 4.79 Å². The molecule has 1 amide bonds. The third-order valence-corrected chi connectivity index (χ3v) is 2.99. The first-order valence-electron chi connectivity index (χ1n) is 6.17. The summed E-state index contributed by atoms with van der Waals surface area (Å²) in [5, 5.41) is 12.1. The lowest BCUT2D eigenvalue weighted by Crippen LogP contribution is -2.42. The molecule has 1 heterocycles. The molecule has 1 aromatic heterocycles. The summed E-state index contributed by atoms with van der Waals surface area (Å²) in [4.78, 5) is 14.9. The summed E-state index contributed by atoms with van der Waals surface area (Å²) in [7, 11) is 0. The van der Waals surface area contributed by atoms with Gasteiger partial charge >= 0.3 is 0 Å². The predicted molar refractivity (Wildman–Crippen MR) is 73.2 cm³/mol. The van der Waals surface area contributed by atoms with Crippen molar-refractivity contribution in [3.05, 3.63) is 36.0 Å². The maximum atomic E-state index is 11.7. The smallest absolute Gasteiger partial charge is 0.237 e. The molecule has 0 aliphatic heterocycles. The number of amides is 1. The zero-order valence-corrected chi connectivity index (χ0v) is 10.5. The van der Waals surface area contributed by atoms with Crippen LogP contribution in [0.2, 0.25) is 0 Å². The number of nitrogens with two attached hydrogens (primary N) is 1. The summed E-state index contributed by atoms with van der Waals surface area (Å²) >= 11 is 0. The molecule has 98 valence electrons. The Labute approximate surface area is 111 Å². The molecule has 0 spiro atoms. The van der Waals surface area contributed by atoms with Crippen LogP contribution in [0, 0.1) is 11.3 Å². The Bertz CT molecular complexity index is 611. The number of fused-ring (bicyclic) bond motifs is 1. The fourth-order valence-electron chi connectivity index (χ4n) is 2.00. The largest absolute Gasteiger partial charge is 0.361 e. The van der Waals surface area contributed by atoms with Crippen LogP contribution in [0.5, 0.6) is 0 Å². The van der Waals surface area contributed by atoms with Gasteiger partial charge in [0.05, 0.1) is 18.5 Å². The van der Waals surface area contributed by atoms with E-state index in [0.29, 0.717) is 19.4 Å². The summed E-state index contributed by atoms with van der Waals surface area (Å²) in [5.41, 5.74) is 7.94. The van der Waals surface area contributed by atoms with Gasteiger partial charge in [-0.1, -0.05) is 18.2 Å². The van der Waals surface area contributed by atoms with E-state index in [1.807, 2.05) is 36.5 Å². The molecular formula is C14H16N4O. The molecule has 1 atom stereocenters. The highest BCUT2D eigenvalue weighted by Crippen LogP contribution is 2.18. The summed E-state index contributed by atoms with van der Waals surface area (Å²) < 4.78 is 0. The molecule has 0 radical (unpaired) electrons. The molecular weight excluding hydrogens is 240 g/mol. The summed E-state index contributed by atoms with van der Waals surface area (Å²) in [6, 6.07) is 9.27. The SMILES string of the molecule is N#CCCNC(=O)C(N)Cc1c[nH]c2ccccc12. The molecule has 0 fully saturated rings. The van der Waals surface area contributed by atoms with Gasteiger partial charge in [0.2, 0.25) is 5.91 Å². The van der Waals surface area contributed by atoms with Crippen LogP contribution in [0.1, 0.15) is 12.0 Å². The molecule has 0 saturated heterocycles. The molecule has 0 saturated carbocycles. The van der Waals surface area contributed by atoms with Crippen molar-refractivity contribution in [2.24, 2.45) is 5.73 Å². The maximum absolute atomic E-state index is 11.7. The first-order chi connectivity index (χ1) is 9.22. The monoisotopic (exact) mass is 256 g/mol. The van der Waals surface area contributed by atoms with Crippen molar-refractivity contribution >= 4 is 16.8 Å². The Morgan fingerprint density at radius 3 is 3.05 bits per heavy atom. The van der Waals surface area contributed by atoms with Crippen molar-refractivity contribution in [3.8, 4) is 6.07 Å². The van der Waals surface area contributed by atoms with Gasteiger partial charge in [-0.2, -0.15) is 5.26 Å². The van der Waals surface area contributed by atoms with Crippen molar-refractivity contribution in [1.29, 1.82) is 5.26 Å². The second kappa shape index (κ2) is 6.03. The Kier molecular flexibility index (Phi) is 4.16. The van der Waals surface area contributed by atoms with Gasteiger partial charge in [-0.25, -0.2) is 0 Å². The van der Waals surface area contributed by atoms with Crippen molar-refractivity contribution in [2.45, 2.75) is 18.9 Å². The molecule has 2 rings (SSSR count). The number of H-pyrrole nitrogens is 1. The lowest BCUT2D eigenvalue weighted by atomic mass is 10.1. The quantitative estimate of drug-likeness (QED) is 0.698. The highest BCUT2D eigenvalue weighted by atomic mass is 16.2. The molecule has 5 nitrogen and oxygen atoms in total. The molecule has 1 aromatic carbocycles. The second-order valence-electron chi connectivity index (χ2n) is 4.37. The van der Waals surface area contributed by atoms with E-state index < -0.39 is 6.04 Å². The van der Waals surface area contributed by atoms with Crippen LogP contribution in [0.15, 0.2) is 30.5 Å². The highest BCUT2D eigenvalue weighted by molar-refractivity contribution is 5.86. The number of aromatic amines is 1. The van der Waals surface area contributed by atoms with Crippen molar-refractivity contribution in [1.82, 2.24) is 10.3 Å². The van der Waals surface area contributed by atoms with Crippen LogP contribution in [-0.2, 0) is 11.2 Å². The highest BCUT2D eigenvalue weighted by Gasteiger charge is 2.15. The minimum Gasteiger partial charge on any atom is -0.361 e. The number of hydrogen-bond acceptors (Lipinski definition) is 3. The van der Waals surface area contributed by atoms with Gasteiger partial charge in [0.25, 0.3) is 0 Å². The lowest BCUT2D eigenvalue weighted by Gasteiger charge is -2.10. The topological polar surface area (TPSA) is 94.7 Å². The number of rotatable bonds is 5. The zero-order chi connectivity index (χ0) is 13.7. The summed E-state index contributed by atoms with van der Waals surface area (Å²) in [6.07, 6.45) is 2.65. The average Bonchev–Trinajstić information content (AvgIpc) is 2.82. The minimum atomic E-state index is -0.599. The van der Waals surface area contributed by atoms with E-state index in [2.05, 4.69) is 10.3 Å². The number of nitrogens with one attached hydrogen (secondary N) is 2. The Hall–Kier alpha value is -2.32. The van der Waals surface area contributed by atoms with Crippen LogP contribution in [0.25, 0.3) is 10.9 Å². The van der Waals surface area contributed by atoms with E-state index in [1.165, 1.54) is 0 Å². The molecule has 0 aliphatic carbocycles. The van der Waals surface area contributed by atoms with Crippen LogP contribution < -0.4 is 11.1 Å². The van der Waals surface area contributed by atoms with E-state index >= 15 is 0 Å². The van der Waals surface area contributed by atoms with Crippen molar-refractivity contribution in [2.75, 3.05) is 6.54 Å². The average molecular weight is 256 g/mol. The molecule has 1 unspecified atom stereocenters. The molecule has 2 aromatic rings. The van der Waals surface area contributed by atoms with Gasteiger partial charge in [-0.05, 0) is 18.1 Å². The summed E-state index contributed by atoms with van der Waals surface area (Å²) in [5.74, 6) is -0.222. The first kappa shape index (κ1) is 13.1. The van der Waals surface area contributed by atoms with Crippen LogP contribution >= 0.6 is 0 Å². The number of para-hydroxylation sites is 1. The third-order valence-electron chi connectivity index (χ3n) is 2.99.